The molecule has 0 saturated carbocycles. The normalized spacial score (nSPS) is 12.8. The Morgan fingerprint density at radius 1 is 1.78 bits per heavy atom. The molecule has 0 aromatic heterocycles. The zero-order chi connectivity index (χ0) is 7.28. The summed E-state index contributed by atoms with van der Waals surface area (Å²) in [6, 6.07) is 0. The van der Waals surface area contributed by atoms with E-state index >= 15 is 0 Å². The van der Waals surface area contributed by atoms with Crippen molar-refractivity contribution in [2.24, 2.45) is 0 Å². The lowest BCUT2D eigenvalue weighted by molar-refractivity contribution is -0.125. The first-order chi connectivity index (χ1) is 4.16. The van der Waals surface area contributed by atoms with E-state index in [0.717, 1.165) is 0 Å². The lowest BCUT2D eigenvalue weighted by Gasteiger charge is -2.04. The highest BCUT2D eigenvalue weighted by Gasteiger charge is 2.02. The molecule has 1 atom stereocenters. The van der Waals surface area contributed by atoms with Crippen LogP contribution in [0.15, 0.2) is 0 Å². The SMILES string of the molecule is COP(O)ONC(C)=O. The molecule has 54 valence electrons. The summed E-state index contributed by atoms with van der Waals surface area (Å²) in [4.78, 5) is 18.6. The van der Waals surface area contributed by atoms with E-state index in [1.165, 1.54) is 14.0 Å². The van der Waals surface area contributed by atoms with Crippen LogP contribution in [0.3, 0.4) is 0 Å². The Labute approximate surface area is 53.9 Å². The molecule has 9 heavy (non-hydrogen) atoms. The summed E-state index contributed by atoms with van der Waals surface area (Å²) >= 11 is 0. The maximum absolute atomic E-state index is 10.1. The second kappa shape index (κ2) is 4.64. The number of rotatable bonds is 3. The molecule has 5 nitrogen and oxygen atoms in total. The van der Waals surface area contributed by atoms with Crippen molar-refractivity contribution in [2.75, 3.05) is 7.11 Å². The summed E-state index contributed by atoms with van der Waals surface area (Å²) in [6.45, 7) is 1.26. The summed E-state index contributed by atoms with van der Waals surface area (Å²) in [6.07, 6.45) is 0. The number of nitrogens with one attached hydrogen (secondary N) is 1. The highest BCUT2D eigenvalue weighted by molar-refractivity contribution is 7.40. The van der Waals surface area contributed by atoms with Gasteiger partial charge in [-0.1, -0.05) is 0 Å². The molecule has 0 aromatic carbocycles. The minimum Gasteiger partial charge on any atom is -0.327 e. The third-order valence-electron chi connectivity index (χ3n) is 0.424. The molecule has 0 aliphatic heterocycles. The van der Waals surface area contributed by atoms with E-state index in [-0.39, 0.29) is 5.91 Å². The number of hydrogen-bond donors (Lipinski definition) is 2. The second-order valence-corrected chi connectivity index (χ2v) is 2.19. The molecule has 0 bridgehead atoms. The lowest BCUT2D eigenvalue weighted by Crippen LogP contribution is -2.17. The smallest absolute Gasteiger partial charge is 0.327 e. The first-order valence-corrected chi connectivity index (χ1v) is 3.26. The topological polar surface area (TPSA) is 67.8 Å². The summed E-state index contributed by atoms with van der Waals surface area (Å²) in [5.41, 5.74) is 1.91. The van der Waals surface area contributed by atoms with Crippen molar-refractivity contribution in [1.29, 1.82) is 0 Å². The van der Waals surface area contributed by atoms with Gasteiger partial charge in [0.1, 0.15) is 0 Å². The van der Waals surface area contributed by atoms with Crippen LogP contribution in [0.2, 0.25) is 0 Å². The predicted octanol–water partition coefficient (Wildman–Crippen LogP) is -0.0803. The molecule has 0 saturated heterocycles. The van der Waals surface area contributed by atoms with Gasteiger partial charge in [-0.25, -0.2) is 5.48 Å². The summed E-state index contributed by atoms with van der Waals surface area (Å²) in [5, 5.41) is 0. The van der Waals surface area contributed by atoms with Crippen molar-refractivity contribution in [3.8, 4) is 0 Å². The summed E-state index contributed by atoms with van der Waals surface area (Å²) in [7, 11) is -0.671. The molecule has 0 heterocycles. The average Bonchev–Trinajstić information content (AvgIpc) is 1.83. The summed E-state index contributed by atoms with van der Waals surface area (Å²) in [5.74, 6) is -0.381. The van der Waals surface area contributed by atoms with E-state index in [4.69, 9.17) is 4.89 Å². The summed E-state index contributed by atoms with van der Waals surface area (Å²) < 4.78 is 8.54. The number of carbonyl (C=O) groups is 1. The van der Waals surface area contributed by atoms with E-state index in [1.54, 1.807) is 0 Å². The van der Waals surface area contributed by atoms with Crippen molar-refractivity contribution in [3.05, 3.63) is 0 Å². The number of hydrogen-bond acceptors (Lipinski definition) is 4. The van der Waals surface area contributed by atoms with Gasteiger partial charge in [0, 0.05) is 14.0 Å². The fraction of sp³-hybridized carbons (Fsp3) is 0.667. The number of carbonyl (C=O) groups excluding carboxylic acids is 1. The van der Waals surface area contributed by atoms with Crippen LogP contribution < -0.4 is 5.48 Å². The first kappa shape index (κ1) is 8.78. The third-order valence-corrected chi connectivity index (χ3v) is 0.983. The lowest BCUT2D eigenvalue weighted by atomic mass is 10.8. The minimum absolute atomic E-state index is 0.381. The fourth-order valence-corrected chi connectivity index (χ4v) is 0.422. The Bertz CT molecular complexity index is 97.8. The molecule has 0 aromatic rings. The minimum atomic E-state index is -1.94. The largest absolute Gasteiger partial charge is 0.353 e. The Morgan fingerprint density at radius 3 is 2.67 bits per heavy atom. The standard InChI is InChI=1S/C3H8NO4P/c1-3(5)4-8-9(6)7-2/h6H,1-2H3,(H,4,5). The fourth-order valence-electron chi connectivity index (χ4n) is 0.141. The second-order valence-electron chi connectivity index (χ2n) is 1.17. The monoisotopic (exact) mass is 153 g/mol. The van der Waals surface area contributed by atoms with Crippen molar-refractivity contribution in [1.82, 2.24) is 5.48 Å². The average molecular weight is 153 g/mol. The van der Waals surface area contributed by atoms with Gasteiger partial charge in [0.25, 0.3) is 0 Å². The van der Waals surface area contributed by atoms with Gasteiger partial charge in [-0.3, -0.25) is 4.79 Å². The predicted molar refractivity (Wildman–Crippen MR) is 31.0 cm³/mol. The molecule has 0 spiro atoms. The zero-order valence-corrected chi connectivity index (χ0v) is 6.01. The van der Waals surface area contributed by atoms with Crippen LogP contribution in [0.25, 0.3) is 0 Å². The van der Waals surface area contributed by atoms with Gasteiger partial charge >= 0.3 is 8.60 Å². The molecule has 0 radical (unpaired) electrons. The van der Waals surface area contributed by atoms with Crippen LogP contribution >= 0.6 is 8.60 Å². The molecule has 6 heteroatoms. The Kier molecular flexibility index (Phi) is 4.53. The van der Waals surface area contributed by atoms with Crippen molar-refractivity contribution < 1.29 is 18.8 Å². The molecule has 0 aliphatic carbocycles. The van der Waals surface area contributed by atoms with Gasteiger partial charge < -0.3 is 9.42 Å². The molecular weight excluding hydrogens is 145 g/mol. The highest BCUT2D eigenvalue weighted by atomic mass is 31.2. The third kappa shape index (κ3) is 5.65. The van der Waals surface area contributed by atoms with E-state index in [0.29, 0.717) is 0 Å². The van der Waals surface area contributed by atoms with Gasteiger partial charge in [0.05, 0.1) is 0 Å². The Balaban J connectivity index is 3.16. The molecule has 2 N–H and O–H groups in total. The van der Waals surface area contributed by atoms with E-state index < -0.39 is 8.60 Å². The highest BCUT2D eigenvalue weighted by Crippen LogP contribution is 2.28. The van der Waals surface area contributed by atoms with Crippen LogP contribution in [0.4, 0.5) is 0 Å². The van der Waals surface area contributed by atoms with Gasteiger partial charge in [-0.05, 0) is 0 Å². The quantitative estimate of drug-likeness (QED) is 0.439. The molecular formula is C3H8NO4P. The number of hydroxylamine groups is 1. The Hall–Kier alpha value is -0.220. The Morgan fingerprint density at radius 2 is 2.33 bits per heavy atom. The van der Waals surface area contributed by atoms with Crippen molar-refractivity contribution in [2.45, 2.75) is 6.92 Å². The van der Waals surface area contributed by atoms with Gasteiger partial charge in [-0.15, -0.1) is 0 Å². The van der Waals surface area contributed by atoms with Crippen LogP contribution in [0.1, 0.15) is 6.92 Å². The molecule has 1 amide bonds. The van der Waals surface area contributed by atoms with Crippen molar-refractivity contribution in [3.63, 3.8) is 0 Å². The maximum atomic E-state index is 10.1. The number of amides is 1. The maximum Gasteiger partial charge on any atom is 0.353 e. The zero-order valence-electron chi connectivity index (χ0n) is 5.12. The first-order valence-electron chi connectivity index (χ1n) is 2.13. The van der Waals surface area contributed by atoms with Crippen LogP contribution in [0.5, 0.6) is 0 Å². The van der Waals surface area contributed by atoms with Crippen LogP contribution in [0, 0.1) is 0 Å². The van der Waals surface area contributed by atoms with Crippen molar-refractivity contribution >= 4 is 14.5 Å². The van der Waals surface area contributed by atoms with E-state index in [2.05, 4.69) is 9.15 Å². The van der Waals surface area contributed by atoms with Gasteiger partial charge in [0.15, 0.2) is 0 Å². The van der Waals surface area contributed by atoms with Crippen LogP contribution in [-0.2, 0) is 13.9 Å². The molecule has 0 aliphatic rings. The van der Waals surface area contributed by atoms with Crippen LogP contribution in [-0.4, -0.2) is 17.9 Å². The molecule has 0 rings (SSSR count). The van der Waals surface area contributed by atoms with Gasteiger partial charge in [0.2, 0.25) is 5.91 Å². The molecule has 1 unspecified atom stereocenters. The van der Waals surface area contributed by atoms with E-state index in [9.17, 15) is 4.79 Å². The van der Waals surface area contributed by atoms with E-state index in [1.807, 2.05) is 5.48 Å². The van der Waals surface area contributed by atoms with Gasteiger partial charge in [-0.2, -0.15) is 4.62 Å². The molecule has 0 fully saturated rings.